The molecule has 11 heteroatoms. The molecule has 0 fully saturated rings. The molecule has 0 aliphatic carbocycles. The Labute approximate surface area is 171 Å². The zero-order chi connectivity index (χ0) is 22.2. The predicted octanol–water partition coefficient (Wildman–Crippen LogP) is 3.75. The van der Waals surface area contributed by atoms with Crippen LogP contribution < -0.4 is 15.0 Å². The zero-order valence-corrected chi connectivity index (χ0v) is 15.9. The van der Waals surface area contributed by atoms with Gasteiger partial charge in [0, 0.05) is 12.0 Å². The second-order valence-corrected chi connectivity index (χ2v) is 6.43. The van der Waals surface area contributed by atoms with E-state index in [4.69, 9.17) is 4.74 Å². The van der Waals surface area contributed by atoms with Crippen molar-refractivity contribution >= 4 is 11.0 Å². The summed E-state index contributed by atoms with van der Waals surface area (Å²) in [4.78, 5) is 19.4. The van der Waals surface area contributed by atoms with Gasteiger partial charge in [-0.15, -0.1) is 13.2 Å². The minimum Gasteiger partial charge on any atom is -0.492 e. The fourth-order valence-corrected chi connectivity index (χ4v) is 3.14. The summed E-state index contributed by atoms with van der Waals surface area (Å²) in [7, 11) is 1.29. The van der Waals surface area contributed by atoms with Gasteiger partial charge >= 0.3 is 6.36 Å². The van der Waals surface area contributed by atoms with Crippen molar-refractivity contribution in [1.82, 2.24) is 19.7 Å². The van der Waals surface area contributed by atoms with Gasteiger partial charge in [0.2, 0.25) is 0 Å². The van der Waals surface area contributed by atoms with Gasteiger partial charge in [0.05, 0.1) is 13.3 Å². The van der Waals surface area contributed by atoms with Gasteiger partial charge in [-0.2, -0.15) is 5.10 Å². The number of alkyl halides is 3. The second-order valence-electron chi connectivity index (χ2n) is 6.43. The molecule has 0 unspecified atom stereocenters. The molecule has 2 heterocycles. The Morgan fingerprint density at radius 3 is 2.65 bits per heavy atom. The van der Waals surface area contributed by atoms with Crippen molar-refractivity contribution in [3.8, 4) is 17.2 Å². The SMILES string of the molecule is COc1c(F)cccc1-n1ncc2c(=O)[nH]c(Cc3ccccc3OC(F)(F)F)nc21. The van der Waals surface area contributed by atoms with Crippen molar-refractivity contribution in [2.24, 2.45) is 0 Å². The summed E-state index contributed by atoms with van der Waals surface area (Å²) < 4.78 is 62.5. The molecule has 4 aromatic rings. The van der Waals surface area contributed by atoms with Crippen LogP contribution in [0.2, 0.25) is 0 Å². The zero-order valence-electron chi connectivity index (χ0n) is 15.9. The van der Waals surface area contributed by atoms with E-state index in [1.807, 2.05) is 0 Å². The van der Waals surface area contributed by atoms with E-state index in [-0.39, 0.29) is 40.3 Å². The number of nitrogens with one attached hydrogen (secondary N) is 1. The maximum absolute atomic E-state index is 14.1. The Morgan fingerprint density at radius 1 is 1.13 bits per heavy atom. The van der Waals surface area contributed by atoms with Crippen LogP contribution in [0.1, 0.15) is 11.4 Å². The third kappa shape index (κ3) is 4.06. The van der Waals surface area contributed by atoms with E-state index in [1.165, 1.54) is 60.5 Å². The topological polar surface area (TPSA) is 82.0 Å². The molecule has 0 radical (unpaired) electrons. The quantitative estimate of drug-likeness (QED) is 0.484. The molecule has 0 saturated carbocycles. The monoisotopic (exact) mass is 434 g/mol. The van der Waals surface area contributed by atoms with Crippen LogP contribution in [0.3, 0.4) is 0 Å². The van der Waals surface area contributed by atoms with E-state index in [0.717, 1.165) is 0 Å². The molecule has 2 aromatic carbocycles. The first-order chi connectivity index (χ1) is 14.8. The van der Waals surface area contributed by atoms with Gasteiger partial charge in [-0.05, 0) is 18.2 Å². The molecular formula is C20H14F4N4O3. The summed E-state index contributed by atoms with van der Waals surface area (Å²) in [5.41, 5.74) is -0.0770. The first-order valence-corrected chi connectivity index (χ1v) is 8.90. The molecule has 0 spiro atoms. The van der Waals surface area contributed by atoms with E-state index in [0.29, 0.717) is 0 Å². The summed E-state index contributed by atoms with van der Waals surface area (Å²) in [6.07, 6.45) is -3.76. The van der Waals surface area contributed by atoms with Crippen LogP contribution in [0.25, 0.3) is 16.7 Å². The number of ether oxygens (including phenoxy) is 2. The highest BCUT2D eigenvalue weighted by molar-refractivity contribution is 5.76. The lowest BCUT2D eigenvalue weighted by atomic mass is 10.1. The smallest absolute Gasteiger partial charge is 0.492 e. The number of aromatic amines is 1. The van der Waals surface area contributed by atoms with Crippen molar-refractivity contribution < 1.29 is 27.0 Å². The maximum Gasteiger partial charge on any atom is 0.573 e. The number of H-pyrrole nitrogens is 1. The highest BCUT2D eigenvalue weighted by Gasteiger charge is 2.32. The largest absolute Gasteiger partial charge is 0.573 e. The van der Waals surface area contributed by atoms with Gasteiger partial charge < -0.3 is 14.5 Å². The fraction of sp³-hybridized carbons (Fsp3) is 0.150. The first kappa shape index (κ1) is 20.4. The summed E-state index contributed by atoms with van der Waals surface area (Å²) in [5.74, 6) is -1.06. The maximum atomic E-state index is 14.1. The number of fused-ring (bicyclic) bond motifs is 1. The Kier molecular flexibility index (Phi) is 5.09. The molecule has 0 atom stereocenters. The van der Waals surface area contributed by atoms with Crippen LogP contribution in [0.4, 0.5) is 17.6 Å². The van der Waals surface area contributed by atoms with Crippen molar-refractivity contribution in [3.63, 3.8) is 0 Å². The van der Waals surface area contributed by atoms with Crippen molar-refractivity contribution in [3.05, 3.63) is 76.2 Å². The number of hydrogen-bond acceptors (Lipinski definition) is 5. The van der Waals surface area contributed by atoms with Crippen LogP contribution in [0.5, 0.6) is 11.5 Å². The number of halogens is 4. The van der Waals surface area contributed by atoms with Gasteiger partial charge in [0.25, 0.3) is 5.56 Å². The van der Waals surface area contributed by atoms with Crippen molar-refractivity contribution in [1.29, 1.82) is 0 Å². The highest BCUT2D eigenvalue weighted by Crippen LogP contribution is 2.29. The molecule has 4 rings (SSSR count). The number of aromatic nitrogens is 4. The average molecular weight is 434 g/mol. The minimum atomic E-state index is -4.87. The van der Waals surface area contributed by atoms with E-state index in [2.05, 4.69) is 19.8 Å². The number of rotatable bonds is 5. The molecule has 31 heavy (non-hydrogen) atoms. The average Bonchev–Trinajstić information content (AvgIpc) is 3.12. The molecule has 2 aromatic heterocycles. The number of methoxy groups -OCH3 is 1. The third-order valence-electron chi connectivity index (χ3n) is 4.42. The van der Waals surface area contributed by atoms with Crippen LogP contribution in [-0.2, 0) is 6.42 Å². The molecule has 1 N–H and O–H groups in total. The molecule has 160 valence electrons. The molecule has 0 aliphatic heterocycles. The Bertz CT molecular complexity index is 1310. The second kappa shape index (κ2) is 7.74. The van der Waals surface area contributed by atoms with Crippen molar-refractivity contribution in [2.75, 3.05) is 7.11 Å². The lowest BCUT2D eigenvalue weighted by Gasteiger charge is -2.13. The number of nitrogens with zero attached hydrogens (tertiary/aromatic N) is 3. The first-order valence-electron chi connectivity index (χ1n) is 8.90. The molecular weight excluding hydrogens is 420 g/mol. The minimum absolute atomic E-state index is 0.0767. The molecule has 0 aliphatic rings. The number of hydrogen-bond donors (Lipinski definition) is 1. The van der Waals surface area contributed by atoms with Crippen LogP contribution in [-0.4, -0.2) is 33.2 Å². The van der Waals surface area contributed by atoms with Gasteiger partial charge in [-0.1, -0.05) is 24.3 Å². The fourth-order valence-electron chi connectivity index (χ4n) is 3.14. The molecule has 7 nitrogen and oxygen atoms in total. The van der Waals surface area contributed by atoms with E-state index in [9.17, 15) is 22.4 Å². The summed E-state index contributed by atoms with van der Waals surface area (Å²) in [6, 6.07) is 9.71. The Hall–Kier alpha value is -3.89. The van der Waals surface area contributed by atoms with Gasteiger partial charge in [0.15, 0.2) is 17.2 Å². The van der Waals surface area contributed by atoms with Crippen LogP contribution in [0, 0.1) is 5.82 Å². The molecule has 0 amide bonds. The lowest BCUT2D eigenvalue weighted by Crippen LogP contribution is -2.18. The molecule has 0 bridgehead atoms. The van der Waals surface area contributed by atoms with Gasteiger partial charge in [-0.3, -0.25) is 4.79 Å². The number of para-hydroxylation sites is 2. The van der Waals surface area contributed by atoms with E-state index < -0.39 is 23.5 Å². The van der Waals surface area contributed by atoms with Crippen molar-refractivity contribution in [2.45, 2.75) is 12.8 Å². The highest BCUT2D eigenvalue weighted by atomic mass is 19.4. The lowest BCUT2D eigenvalue weighted by molar-refractivity contribution is -0.274. The summed E-state index contributed by atoms with van der Waals surface area (Å²) in [5, 5.41) is 4.22. The van der Waals surface area contributed by atoms with Crippen LogP contribution >= 0.6 is 0 Å². The Balaban J connectivity index is 1.80. The summed E-state index contributed by atoms with van der Waals surface area (Å²) >= 11 is 0. The standard InChI is InChI=1S/C20H14F4N4O3/c1-30-17-13(21)6-4-7-14(17)28-18-12(10-25-28)19(29)27-16(26-18)9-11-5-2-3-8-15(11)31-20(22,23)24/h2-8,10H,9H2,1H3,(H,26,27,29). The molecule has 0 saturated heterocycles. The normalized spacial score (nSPS) is 11.6. The number of benzene rings is 2. The van der Waals surface area contributed by atoms with Crippen LogP contribution in [0.15, 0.2) is 53.5 Å². The summed E-state index contributed by atoms with van der Waals surface area (Å²) in [6.45, 7) is 0. The van der Waals surface area contributed by atoms with Gasteiger partial charge in [-0.25, -0.2) is 14.1 Å². The van der Waals surface area contributed by atoms with E-state index in [1.54, 1.807) is 0 Å². The Morgan fingerprint density at radius 2 is 1.90 bits per heavy atom. The van der Waals surface area contributed by atoms with Gasteiger partial charge in [0.1, 0.15) is 22.6 Å². The third-order valence-corrected chi connectivity index (χ3v) is 4.42. The predicted molar refractivity (Wildman–Crippen MR) is 102 cm³/mol. The van der Waals surface area contributed by atoms with E-state index >= 15 is 0 Å².